The number of aromatic nitrogens is 1. The van der Waals surface area contributed by atoms with E-state index in [1.165, 1.54) is 6.92 Å². The number of pyridine rings is 1. The molecule has 0 aromatic carbocycles. The molecular weight excluding hydrogens is 202 g/mol. The van der Waals surface area contributed by atoms with Crippen LogP contribution in [0, 0.1) is 24.1 Å². The van der Waals surface area contributed by atoms with Crippen LogP contribution in [0.15, 0.2) is 0 Å². The lowest BCUT2D eigenvalue weighted by Gasteiger charge is -2.01. The maximum absolute atomic E-state index is 13.0. The van der Waals surface area contributed by atoms with Crippen molar-refractivity contribution in [1.29, 1.82) is 5.26 Å². The Labute approximate surface area is 78.5 Å². The highest BCUT2D eigenvalue weighted by molar-refractivity contribution is 6.35. The van der Waals surface area contributed by atoms with Gasteiger partial charge in [0.1, 0.15) is 11.1 Å². The monoisotopic (exact) mass is 204 g/mol. The summed E-state index contributed by atoms with van der Waals surface area (Å²) < 4.78 is 13.0. The molecule has 1 aromatic heterocycles. The summed E-state index contributed by atoms with van der Waals surface area (Å²) in [4.78, 5) is 3.69. The van der Waals surface area contributed by atoms with Crippen LogP contribution in [0.4, 0.5) is 4.39 Å². The van der Waals surface area contributed by atoms with Gasteiger partial charge in [0, 0.05) is 0 Å². The second kappa shape index (κ2) is 3.26. The van der Waals surface area contributed by atoms with E-state index in [0.717, 1.165) is 0 Å². The molecule has 0 spiro atoms. The maximum Gasteiger partial charge on any atom is 0.165 e. The molecule has 1 aromatic rings. The first-order valence-electron chi connectivity index (χ1n) is 2.99. The molecule has 2 nitrogen and oxygen atoms in total. The van der Waals surface area contributed by atoms with Gasteiger partial charge in [0.25, 0.3) is 0 Å². The van der Waals surface area contributed by atoms with Crippen LogP contribution in [0.3, 0.4) is 0 Å². The van der Waals surface area contributed by atoms with Gasteiger partial charge in [-0.15, -0.1) is 0 Å². The Morgan fingerprint density at radius 1 is 1.42 bits per heavy atom. The van der Waals surface area contributed by atoms with E-state index in [-0.39, 0.29) is 21.4 Å². The summed E-state index contributed by atoms with van der Waals surface area (Å²) in [5, 5.41) is 7.99. The zero-order valence-electron chi connectivity index (χ0n) is 6.03. The minimum Gasteiger partial charge on any atom is -0.239 e. The summed E-state index contributed by atoms with van der Waals surface area (Å²) in [7, 11) is 0. The van der Waals surface area contributed by atoms with Crippen LogP contribution in [-0.4, -0.2) is 4.98 Å². The van der Waals surface area contributed by atoms with Crippen molar-refractivity contribution in [3.05, 3.63) is 27.3 Å². The molecule has 0 saturated heterocycles. The summed E-state index contributed by atoms with van der Waals surface area (Å²) in [6.45, 7) is 1.50. The number of nitriles is 1. The predicted octanol–water partition coefficient (Wildman–Crippen LogP) is 2.71. The van der Waals surface area contributed by atoms with Crippen LogP contribution in [0.2, 0.25) is 10.0 Å². The third-order valence-electron chi connectivity index (χ3n) is 1.30. The zero-order valence-corrected chi connectivity index (χ0v) is 7.54. The van der Waals surface area contributed by atoms with Gasteiger partial charge in [-0.05, 0) is 6.92 Å². The number of hydrogen-bond donors (Lipinski definition) is 0. The third-order valence-corrected chi connectivity index (χ3v) is 2.08. The standard InChI is InChI=1S/C7H3Cl2FN2/c1-3-5(8)7(10)6(9)4(2-11)12-3/h1H3. The number of aryl methyl sites for hydroxylation is 1. The van der Waals surface area contributed by atoms with Crippen molar-refractivity contribution in [1.82, 2.24) is 4.98 Å². The van der Waals surface area contributed by atoms with Gasteiger partial charge in [-0.2, -0.15) is 5.26 Å². The summed E-state index contributed by atoms with van der Waals surface area (Å²) in [5.41, 5.74) is 0.117. The van der Waals surface area contributed by atoms with E-state index in [1.54, 1.807) is 6.07 Å². The van der Waals surface area contributed by atoms with Crippen molar-refractivity contribution in [3.8, 4) is 6.07 Å². The largest absolute Gasteiger partial charge is 0.239 e. The van der Waals surface area contributed by atoms with Crippen LogP contribution in [-0.2, 0) is 0 Å². The molecule has 12 heavy (non-hydrogen) atoms. The lowest BCUT2D eigenvalue weighted by atomic mass is 10.3. The van der Waals surface area contributed by atoms with E-state index in [4.69, 9.17) is 28.5 Å². The van der Waals surface area contributed by atoms with Gasteiger partial charge in [-0.25, -0.2) is 9.37 Å². The molecule has 0 N–H and O–H groups in total. The fourth-order valence-electron chi connectivity index (χ4n) is 0.699. The van der Waals surface area contributed by atoms with E-state index in [0.29, 0.717) is 0 Å². The predicted molar refractivity (Wildman–Crippen MR) is 43.7 cm³/mol. The first-order valence-corrected chi connectivity index (χ1v) is 3.74. The Balaban J connectivity index is 3.52. The maximum atomic E-state index is 13.0. The highest BCUT2D eigenvalue weighted by atomic mass is 35.5. The highest BCUT2D eigenvalue weighted by Crippen LogP contribution is 2.26. The second-order valence-corrected chi connectivity index (χ2v) is 2.86. The minimum absolute atomic E-state index is 0.140. The molecule has 1 heterocycles. The summed E-state index contributed by atoms with van der Waals surface area (Å²) >= 11 is 10.9. The molecule has 62 valence electrons. The fourth-order valence-corrected chi connectivity index (χ4v) is 1.06. The van der Waals surface area contributed by atoms with Gasteiger partial charge < -0.3 is 0 Å². The molecule has 0 amide bonds. The van der Waals surface area contributed by atoms with Gasteiger partial charge in [-0.1, -0.05) is 23.2 Å². The van der Waals surface area contributed by atoms with Crippen LogP contribution in [0.1, 0.15) is 11.4 Å². The van der Waals surface area contributed by atoms with Crippen molar-refractivity contribution in [3.63, 3.8) is 0 Å². The molecule has 0 saturated carbocycles. The average molecular weight is 205 g/mol. The van der Waals surface area contributed by atoms with E-state index in [9.17, 15) is 4.39 Å². The number of rotatable bonds is 0. The van der Waals surface area contributed by atoms with E-state index in [1.807, 2.05) is 0 Å². The lowest BCUT2D eigenvalue weighted by Crippen LogP contribution is -1.94. The molecule has 0 atom stereocenters. The van der Waals surface area contributed by atoms with E-state index >= 15 is 0 Å². The van der Waals surface area contributed by atoms with Crippen LogP contribution in [0.25, 0.3) is 0 Å². The van der Waals surface area contributed by atoms with Crippen molar-refractivity contribution >= 4 is 23.2 Å². The Kier molecular flexibility index (Phi) is 2.51. The Morgan fingerprint density at radius 3 is 2.50 bits per heavy atom. The van der Waals surface area contributed by atoms with Gasteiger partial charge in [0.2, 0.25) is 0 Å². The molecule has 0 radical (unpaired) electrons. The SMILES string of the molecule is Cc1nc(C#N)c(Cl)c(F)c1Cl. The topological polar surface area (TPSA) is 36.7 Å². The van der Waals surface area contributed by atoms with Gasteiger partial charge in [0.05, 0.1) is 10.7 Å². The quantitative estimate of drug-likeness (QED) is 0.652. The van der Waals surface area contributed by atoms with Gasteiger partial charge in [0.15, 0.2) is 11.5 Å². The summed E-state index contributed by atoms with van der Waals surface area (Å²) in [6.07, 6.45) is 0. The summed E-state index contributed by atoms with van der Waals surface area (Å²) in [6, 6.07) is 1.66. The molecular formula is C7H3Cl2FN2. The number of halogens is 3. The lowest BCUT2D eigenvalue weighted by molar-refractivity contribution is 0.624. The third kappa shape index (κ3) is 1.36. The molecule has 0 unspecified atom stereocenters. The number of nitrogens with zero attached hydrogens (tertiary/aromatic N) is 2. The molecule has 0 fully saturated rings. The van der Waals surface area contributed by atoms with Gasteiger partial charge >= 0.3 is 0 Å². The van der Waals surface area contributed by atoms with Gasteiger partial charge in [-0.3, -0.25) is 0 Å². The molecule has 0 aliphatic carbocycles. The average Bonchev–Trinajstić information content (AvgIpc) is 2.08. The Bertz CT molecular complexity index is 371. The molecule has 0 bridgehead atoms. The molecule has 0 aliphatic rings. The van der Waals surface area contributed by atoms with Crippen LogP contribution in [0.5, 0.6) is 0 Å². The van der Waals surface area contributed by atoms with Crippen molar-refractivity contribution < 1.29 is 4.39 Å². The van der Waals surface area contributed by atoms with Crippen molar-refractivity contribution in [2.45, 2.75) is 6.92 Å². The summed E-state index contributed by atoms with van der Waals surface area (Å²) in [5.74, 6) is -0.789. The molecule has 1 rings (SSSR count). The Morgan fingerprint density at radius 2 is 2.00 bits per heavy atom. The first-order chi connectivity index (χ1) is 5.57. The second-order valence-electron chi connectivity index (χ2n) is 2.10. The van der Waals surface area contributed by atoms with Crippen LogP contribution >= 0.6 is 23.2 Å². The van der Waals surface area contributed by atoms with Crippen LogP contribution < -0.4 is 0 Å². The minimum atomic E-state index is -0.789. The molecule has 0 aliphatic heterocycles. The normalized spacial score (nSPS) is 9.58. The van der Waals surface area contributed by atoms with E-state index in [2.05, 4.69) is 4.98 Å². The Hall–Kier alpha value is -0.850. The van der Waals surface area contributed by atoms with Crippen molar-refractivity contribution in [2.24, 2.45) is 0 Å². The fraction of sp³-hybridized carbons (Fsp3) is 0.143. The number of hydrogen-bond acceptors (Lipinski definition) is 2. The van der Waals surface area contributed by atoms with Crippen molar-refractivity contribution in [2.75, 3.05) is 0 Å². The van der Waals surface area contributed by atoms with E-state index < -0.39 is 5.82 Å². The smallest absolute Gasteiger partial charge is 0.165 e. The zero-order chi connectivity index (χ0) is 9.30. The highest BCUT2D eigenvalue weighted by Gasteiger charge is 2.14. The first kappa shape index (κ1) is 9.24. The molecule has 5 heteroatoms.